The van der Waals surface area contributed by atoms with Gasteiger partial charge in [-0.3, -0.25) is 0 Å². The molecule has 0 saturated heterocycles. The number of halogens is 8. The molecular weight excluding hydrogens is 304 g/mol. The molecule has 0 radical (unpaired) electrons. The molecule has 0 unspecified atom stereocenters. The van der Waals surface area contributed by atoms with Crippen LogP contribution in [0.5, 0.6) is 0 Å². The summed E-state index contributed by atoms with van der Waals surface area (Å²) in [6.45, 7) is 0. The van der Waals surface area contributed by atoms with Crippen molar-refractivity contribution in [3.05, 3.63) is 35.9 Å². The molecule has 0 amide bonds. The van der Waals surface area contributed by atoms with E-state index in [9.17, 15) is 39.9 Å². The Hall–Kier alpha value is -1.87. The molecule has 1 N–H and O–H groups in total. The minimum Gasteiger partial charge on any atom is -0.478 e. The van der Waals surface area contributed by atoms with Crippen molar-refractivity contribution in [2.45, 2.75) is 18.3 Å². The summed E-state index contributed by atoms with van der Waals surface area (Å²) in [5.74, 6) is -7.50. The van der Waals surface area contributed by atoms with Gasteiger partial charge in [-0.2, -0.15) is 35.1 Å². The Balaban J connectivity index is 0.000000367. The summed E-state index contributed by atoms with van der Waals surface area (Å²) >= 11 is 0. The fraction of sp³-hybridized carbons (Fsp3) is 0.300. The highest BCUT2D eigenvalue weighted by atomic mass is 19.5. The van der Waals surface area contributed by atoms with Crippen molar-refractivity contribution in [1.82, 2.24) is 0 Å². The third-order valence-electron chi connectivity index (χ3n) is 1.73. The average molecular weight is 310 g/mol. The zero-order valence-electron chi connectivity index (χ0n) is 9.27. The number of hydrogen-bond donors (Lipinski definition) is 1. The van der Waals surface area contributed by atoms with Crippen molar-refractivity contribution in [2.75, 3.05) is 0 Å². The zero-order chi connectivity index (χ0) is 16.2. The van der Waals surface area contributed by atoms with Gasteiger partial charge in [0.1, 0.15) is 0 Å². The number of carboxylic acids is 1. The molecule has 0 aliphatic rings. The van der Waals surface area contributed by atoms with E-state index in [1.54, 1.807) is 30.3 Å². The largest absolute Gasteiger partial charge is 0.478 e. The summed E-state index contributed by atoms with van der Waals surface area (Å²) in [5, 5.41) is 8.38. The van der Waals surface area contributed by atoms with Gasteiger partial charge in [-0.05, 0) is 12.1 Å². The van der Waals surface area contributed by atoms with Crippen LogP contribution in [-0.4, -0.2) is 29.4 Å². The number of hydrogen-bond acceptors (Lipinski definition) is 1. The Morgan fingerprint density at radius 2 is 1.15 bits per heavy atom. The number of rotatable bonds is 1. The molecule has 0 atom stereocenters. The Morgan fingerprint density at radius 1 is 0.800 bits per heavy atom. The summed E-state index contributed by atoms with van der Waals surface area (Å²) in [6, 6.07) is 8.30. The van der Waals surface area contributed by atoms with Crippen LogP contribution in [0.3, 0.4) is 0 Å². The predicted octanol–water partition coefficient (Wildman–Crippen LogP) is 4.13. The van der Waals surface area contributed by atoms with Crippen LogP contribution in [0.2, 0.25) is 0 Å². The smallest absolute Gasteiger partial charge is 0.463 e. The average Bonchev–Trinajstić information content (AvgIpc) is 2.28. The lowest BCUT2D eigenvalue weighted by Crippen LogP contribution is -2.49. The molecule has 20 heavy (non-hydrogen) atoms. The van der Waals surface area contributed by atoms with Crippen LogP contribution in [-0.2, 0) is 0 Å². The van der Waals surface area contributed by atoms with E-state index in [1.165, 1.54) is 0 Å². The van der Waals surface area contributed by atoms with Gasteiger partial charge in [0, 0.05) is 0 Å². The first-order chi connectivity index (χ1) is 8.80. The van der Waals surface area contributed by atoms with E-state index in [0.717, 1.165) is 0 Å². The van der Waals surface area contributed by atoms with Gasteiger partial charge in [-0.25, -0.2) is 4.79 Å². The number of aromatic carboxylic acids is 1. The van der Waals surface area contributed by atoms with E-state index in [4.69, 9.17) is 5.11 Å². The van der Waals surface area contributed by atoms with E-state index in [1.807, 2.05) is 0 Å². The van der Waals surface area contributed by atoms with Crippen molar-refractivity contribution in [1.29, 1.82) is 0 Å². The van der Waals surface area contributed by atoms with Crippen LogP contribution < -0.4 is 0 Å². The number of carboxylic acid groups (broad SMARTS) is 1. The molecule has 2 nitrogen and oxygen atoms in total. The SMILES string of the molecule is FC(F)(F)C(F)(F)C(F)(F)F.O=C(O)c1ccccc1. The van der Waals surface area contributed by atoms with E-state index in [2.05, 4.69) is 0 Å². The summed E-state index contributed by atoms with van der Waals surface area (Å²) < 4.78 is 87.5. The third-order valence-corrected chi connectivity index (χ3v) is 1.73. The van der Waals surface area contributed by atoms with Crippen LogP contribution in [0.1, 0.15) is 10.4 Å². The molecule has 114 valence electrons. The maximum Gasteiger partial charge on any atom is 0.463 e. The lowest BCUT2D eigenvalue weighted by Gasteiger charge is -2.21. The van der Waals surface area contributed by atoms with Crippen molar-refractivity contribution in [2.24, 2.45) is 0 Å². The molecule has 0 spiro atoms. The van der Waals surface area contributed by atoms with Gasteiger partial charge in [-0.15, -0.1) is 0 Å². The van der Waals surface area contributed by atoms with Crippen LogP contribution in [0.25, 0.3) is 0 Å². The van der Waals surface area contributed by atoms with Crippen molar-refractivity contribution < 1.29 is 45.0 Å². The standard InChI is InChI=1S/C7H6O2.C3F8/c8-7(9)6-4-2-1-3-5-6;4-1(5,2(6,7)8)3(9,10)11/h1-5H,(H,8,9);. The molecule has 1 aromatic carbocycles. The number of benzene rings is 1. The molecule has 0 saturated carbocycles. The third kappa shape index (κ3) is 4.67. The molecule has 0 bridgehead atoms. The minimum absolute atomic E-state index is 0.331. The zero-order valence-corrected chi connectivity index (χ0v) is 9.27. The summed E-state index contributed by atoms with van der Waals surface area (Å²) in [7, 11) is 0. The molecule has 1 rings (SSSR count). The van der Waals surface area contributed by atoms with Gasteiger partial charge in [0.2, 0.25) is 0 Å². The minimum atomic E-state index is -6.62. The lowest BCUT2D eigenvalue weighted by molar-refractivity contribution is -0.389. The Bertz CT molecular complexity index is 419. The highest BCUT2D eigenvalue weighted by Crippen LogP contribution is 2.46. The second-order valence-corrected chi connectivity index (χ2v) is 3.24. The van der Waals surface area contributed by atoms with Crippen LogP contribution in [0.15, 0.2) is 30.3 Å². The highest BCUT2D eigenvalue weighted by molar-refractivity contribution is 5.87. The molecule has 0 aliphatic heterocycles. The number of alkyl halides is 8. The monoisotopic (exact) mass is 310 g/mol. The van der Waals surface area contributed by atoms with Gasteiger partial charge in [0.15, 0.2) is 0 Å². The first kappa shape index (κ1) is 18.1. The molecule has 0 heterocycles. The topological polar surface area (TPSA) is 37.3 Å². The van der Waals surface area contributed by atoms with Crippen molar-refractivity contribution in [3.63, 3.8) is 0 Å². The lowest BCUT2D eigenvalue weighted by atomic mass is 10.2. The summed E-state index contributed by atoms with van der Waals surface area (Å²) in [4.78, 5) is 10.2. The van der Waals surface area contributed by atoms with Gasteiger partial charge < -0.3 is 5.11 Å². The maximum atomic E-state index is 11.2. The molecule has 1 aromatic rings. The Labute approximate surface area is 106 Å². The van der Waals surface area contributed by atoms with E-state index < -0.39 is 24.2 Å². The fourth-order valence-electron chi connectivity index (χ4n) is 0.741. The molecule has 0 aliphatic carbocycles. The first-order valence-electron chi connectivity index (χ1n) is 4.60. The molecular formula is C10H6F8O2. The second-order valence-electron chi connectivity index (χ2n) is 3.24. The van der Waals surface area contributed by atoms with Gasteiger partial charge in [0.05, 0.1) is 5.56 Å². The van der Waals surface area contributed by atoms with E-state index in [0.29, 0.717) is 5.56 Å². The van der Waals surface area contributed by atoms with Crippen LogP contribution in [0.4, 0.5) is 35.1 Å². The quantitative estimate of drug-likeness (QED) is 0.792. The van der Waals surface area contributed by atoms with Gasteiger partial charge in [-0.1, -0.05) is 18.2 Å². The molecule has 0 fully saturated rings. The fourth-order valence-corrected chi connectivity index (χ4v) is 0.741. The summed E-state index contributed by atoms with van der Waals surface area (Å²) in [6.07, 6.45) is -13.2. The Kier molecular flexibility index (Phi) is 5.49. The Morgan fingerprint density at radius 3 is 1.30 bits per heavy atom. The highest BCUT2D eigenvalue weighted by Gasteiger charge is 2.74. The number of carbonyl (C=O) groups is 1. The first-order valence-corrected chi connectivity index (χ1v) is 4.60. The molecule has 0 aromatic heterocycles. The maximum absolute atomic E-state index is 11.2. The van der Waals surface area contributed by atoms with Gasteiger partial charge >= 0.3 is 24.2 Å². The van der Waals surface area contributed by atoms with Crippen molar-refractivity contribution >= 4 is 5.97 Å². The van der Waals surface area contributed by atoms with Gasteiger partial charge in [0.25, 0.3) is 0 Å². The van der Waals surface area contributed by atoms with Crippen LogP contribution >= 0.6 is 0 Å². The second kappa shape index (κ2) is 6.06. The summed E-state index contributed by atoms with van der Waals surface area (Å²) in [5.41, 5.74) is 0.331. The van der Waals surface area contributed by atoms with Crippen molar-refractivity contribution in [3.8, 4) is 0 Å². The van der Waals surface area contributed by atoms with E-state index in [-0.39, 0.29) is 0 Å². The van der Waals surface area contributed by atoms with Crippen LogP contribution in [0, 0.1) is 0 Å². The predicted molar refractivity (Wildman–Crippen MR) is 50.5 cm³/mol. The normalized spacial score (nSPS) is 12.4. The van der Waals surface area contributed by atoms with E-state index >= 15 is 0 Å². The molecule has 10 heteroatoms.